The van der Waals surface area contributed by atoms with E-state index < -0.39 is 0 Å². The zero-order valence-electron chi connectivity index (χ0n) is 8.84. The highest BCUT2D eigenvalue weighted by Crippen LogP contribution is 2.49. The van der Waals surface area contributed by atoms with Crippen molar-refractivity contribution < 1.29 is 9.59 Å². The highest BCUT2D eigenvalue weighted by atomic mass is 16.1. The normalized spacial score (nSPS) is 37.8. The lowest BCUT2D eigenvalue weighted by atomic mass is 9.57. The topological polar surface area (TPSA) is 34.1 Å². The summed E-state index contributed by atoms with van der Waals surface area (Å²) in [7, 11) is 0. The van der Waals surface area contributed by atoms with Crippen molar-refractivity contribution in [1.29, 1.82) is 0 Å². The third-order valence-corrected chi connectivity index (χ3v) is 4.19. The van der Waals surface area contributed by atoms with Crippen LogP contribution in [0.25, 0.3) is 0 Å². The van der Waals surface area contributed by atoms with E-state index in [2.05, 4.69) is 0 Å². The minimum atomic E-state index is -0.242. The van der Waals surface area contributed by atoms with E-state index in [-0.39, 0.29) is 11.2 Å². The highest BCUT2D eigenvalue weighted by molar-refractivity contribution is 5.91. The largest absolute Gasteiger partial charge is 0.300 e. The third-order valence-electron chi connectivity index (χ3n) is 4.19. The Bertz CT molecular complexity index is 269. The van der Waals surface area contributed by atoms with Gasteiger partial charge < -0.3 is 0 Å². The zero-order chi connectivity index (χ0) is 10.2. The van der Waals surface area contributed by atoms with Gasteiger partial charge >= 0.3 is 0 Å². The molecule has 2 saturated carbocycles. The van der Waals surface area contributed by atoms with Crippen molar-refractivity contribution in [3.63, 3.8) is 0 Å². The van der Waals surface area contributed by atoms with Crippen LogP contribution in [0.4, 0.5) is 0 Å². The second-order valence-corrected chi connectivity index (χ2v) is 4.91. The fraction of sp³-hybridized carbons (Fsp3) is 0.833. The summed E-state index contributed by atoms with van der Waals surface area (Å²) < 4.78 is 0. The van der Waals surface area contributed by atoms with Gasteiger partial charge in [0.25, 0.3) is 0 Å². The summed E-state index contributed by atoms with van der Waals surface area (Å²) in [6.07, 6.45) is 6.69. The Morgan fingerprint density at radius 1 is 1.36 bits per heavy atom. The number of ketones is 2. The van der Waals surface area contributed by atoms with Crippen molar-refractivity contribution in [2.24, 2.45) is 11.3 Å². The lowest BCUT2D eigenvalue weighted by molar-refractivity contribution is -0.142. The van der Waals surface area contributed by atoms with Gasteiger partial charge in [0, 0.05) is 18.3 Å². The molecule has 0 N–H and O–H groups in total. The van der Waals surface area contributed by atoms with Gasteiger partial charge in [-0.3, -0.25) is 9.59 Å². The number of hydrogen-bond acceptors (Lipinski definition) is 2. The fourth-order valence-electron chi connectivity index (χ4n) is 3.33. The van der Waals surface area contributed by atoms with E-state index in [0.717, 1.165) is 25.7 Å². The van der Waals surface area contributed by atoms with Crippen LogP contribution in [0.15, 0.2) is 0 Å². The fourth-order valence-corrected chi connectivity index (χ4v) is 3.33. The molecule has 0 aromatic heterocycles. The van der Waals surface area contributed by atoms with Gasteiger partial charge in [0.05, 0.1) is 0 Å². The number of hydrogen-bond donors (Lipinski definition) is 0. The monoisotopic (exact) mass is 194 g/mol. The van der Waals surface area contributed by atoms with Crippen molar-refractivity contribution in [3.8, 4) is 0 Å². The Labute approximate surface area is 85.1 Å². The molecule has 78 valence electrons. The SMILES string of the molecule is CC(=O)[C@]12CCCC[C@H]1CCC(=O)C2. The molecule has 0 aromatic rings. The van der Waals surface area contributed by atoms with Crippen molar-refractivity contribution in [3.05, 3.63) is 0 Å². The maximum atomic E-state index is 11.7. The summed E-state index contributed by atoms with van der Waals surface area (Å²) in [5, 5.41) is 0. The smallest absolute Gasteiger partial charge is 0.136 e. The molecule has 2 heteroatoms. The summed E-state index contributed by atoms with van der Waals surface area (Å²) in [5.41, 5.74) is -0.242. The van der Waals surface area contributed by atoms with Gasteiger partial charge in [0.2, 0.25) is 0 Å². The maximum absolute atomic E-state index is 11.7. The summed E-state index contributed by atoms with van der Waals surface area (Å²) in [6.45, 7) is 1.68. The average molecular weight is 194 g/mol. The van der Waals surface area contributed by atoms with Gasteiger partial charge in [-0.15, -0.1) is 0 Å². The molecule has 0 aliphatic heterocycles. The summed E-state index contributed by atoms with van der Waals surface area (Å²) >= 11 is 0. The van der Waals surface area contributed by atoms with Gasteiger partial charge in [0.1, 0.15) is 11.6 Å². The molecule has 0 aromatic carbocycles. The van der Waals surface area contributed by atoms with Crippen molar-refractivity contribution >= 4 is 11.6 Å². The molecule has 0 saturated heterocycles. The molecular formula is C12H18O2. The Morgan fingerprint density at radius 2 is 2.14 bits per heavy atom. The second-order valence-electron chi connectivity index (χ2n) is 4.91. The minimum Gasteiger partial charge on any atom is -0.300 e. The van der Waals surface area contributed by atoms with E-state index in [0.29, 0.717) is 24.5 Å². The number of fused-ring (bicyclic) bond motifs is 1. The Balaban J connectivity index is 2.27. The summed E-state index contributed by atoms with van der Waals surface area (Å²) in [5.74, 6) is 1.07. The van der Waals surface area contributed by atoms with Crippen LogP contribution in [-0.2, 0) is 9.59 Å². The third kappa shape index (κ3) is 1.41. The van der Waals surface area contributed by atoms with E-state index in [1.807, 2.05) is 0 Å². The molecule has 14 heavy (non-hydrogen) atoms. The van der Waals surface area contributed by atoms with Crippen molar-refractivity contribution in [2.45, 2.75) is 51.9 Å². The molecule has 0 heterocycles. The van der Waals surface area contributed by atoms with Gasteiger partial charge in [-0.05, 0) is 32.1 Å². The van der Waals surface area contributed by atoms with Crippen LogP contribution < -0.4 is 0 Å². The average Bonchev–Trinajstić information content (AvgIpc) is 2.17. The van der Waals surface area contributed by atoms with E-state index in [1.165, 1.54) is 6.42 Å². The first-order chi connectivity index (χ1) is 6.65. The molecule has 0 unspecified atom stereocenters. The molecule has 2 rings (SSSR count). The molecule has 0 spiro atoms. The van der Waals surface area contributed by atoms with Crippen LogP contribution in [0, 0.1) is 11.3 Å². The highest BCUT2D eigenvalue weighted by Gasteiger charge is 2.47. The lowest BCUT2D eigenvalue weighted by Gasteiger charge is -2.45. The van der Waals surface area contributed by atoms with Gasteiger partial charge in [-0.1, -0.05) is 12.8 Å². The standard InChI is InChI=1S/C12H18O2/c1-9(13)12-7-3-2-4-10(12)5-6-11(14)8-12/h10H,2-8H2,1H3/t10-,12+/m0/s1. The van der Waals surface area contributed by atoms with Crippen LogP contribution in [0.1, 0.15) is 51.9 Å². The molecule has 2 fully saturated rings. The number of rotatable bonds is 1. The van der Waals surface area contributed by atoms with Gasteiger partial charge in [-0.2, -0.15) is 0 Å². The predicted octanol–water partition coefficient (Wildman–Crippen LogP) is 2.51. The Kier molecular flexibility index (Phi) is 2.46. The van der Waals surface area contributed by atoms with Crippen molar-refractivity contribution in [2.75, 3.05) is 0 Å². The predicted molar refractivity (Wildman–Crippen MR) is 53.9 cm³/mol. The molecule has 0 radical (unpaired) electrons. The minimum absolute atomic E-state index is 0.242. The van der Waals surface area contributed by atoms with E-state index in [1.54, 1.807) is 6.92 Å². The van der Waals surface area contributed by atoms with Crippen molar-refractivity contribution in [1.82, 2.24) is 0 Å². The number of Topliss-reactive ketones (excluding diaryl/α,β-unsaturated/α-hetero) is 2. The van der Waals surface area contributed by atoms with Crippen LogP contribution >= 0.6 is 0 Å². The molecular weight excluding hydrogens is 176 g/mol. The maximum Gasteiger partial charge on any atom is 0.136 e. The lowest BCUT2D eigenvalue weighted by Crippen LogP contribution is -2.44. The molecule has 2 atom stereocenters. The van der Waals surface area contributed by atoms with E-state index >= 15 is 0 Å². The molecule has 0 amide bonds. The Hall–Kier alpha value is -0.660. The van der Waals surface area contributed by atoms with Crippen LogP contribution in [0.2, 0.25) is 0 Å². The number of carbonyl (C=O) groups excluding carboxylic acids is 2. The first-order valence-electron chi connectivity index (χ1n) is 5.68. The summed E-state index contributed by atoms with van der Waals surface area (Å²) in [4.78, 5) is 23.2. The quantitative estimate of drug-likeness (QED) is 0.642. The first kappa shape index (κ1) is 9.88. The van der Waals surface area contributed by atoms with Crippen LogP contribution in [0.3, 0.4) is 0 Å². The van der Waals surface area contributed by atoms with E-state index in [9.17, 15) is 9.59 Å². The van der Waals surface area contributed by atoms with Crippen LogP contribution in [0.5, 0.6) is 0 Å². The van der Waals surface area contributed by atoms with Gasteiger partial charge in [0.15, 0.2) is 0 Å². The van der Waals surface area contributed by atoms with Crippen LogP contribution in [-0.4, -0.2) is 11.6 Å². The molecule has 2 nitrogen and oxygen atoms in total. The second kappa shape index (κ2) is 3.48. The zero-order valence-corrected chi connectivity index (χ0v) is 8.84. The van der Waals surface area contributed by atoms with Gasteiger partial charge in [-0.25, -0.2) is 0 Å². The summed E-state index contributed by atoms with van der Waals surface area (Å²) in [6, 6.07) is 0. The molecule has 2 aliphatic carbocycles. The number of carbonyl (C=O) groups is 2. The molecule has 0 bridgehead atoms. The van der Waals surface area contributed by atoms with E-state index in [4.69, 9.17) is 0 Å². The first-order valence-corrected chi connectivity index (χ1v) is 5.68. The Morgan fingerprint density at radius 3 is 2.86 bits per heavy atom. The molecule has 2 aliphatic rings.